The molecule has 2 rings (SSSR count). The van der Waals surface area contributed by atoms with E-state index in [1.807, 2.05) is 4.90 Å². The SMILES string of the molecule is O=C(O)CN1CCN(C(=O)/C=C/c2ccc(Br)o2)CC1. The lowest BCUT2D eigenvalue weighted by Gasteiger charge is -2.33. The first kappa shape index (κ1) is 14.8. The van der Waals surface area contributed by atoms with Crippen molar-refractivity contribution in [2.45, 2.75) is 0 Å². The Hall–Kier alpha value is -1.60. The second kappa shape index (κ2) is 6.71. The molecule has 0 bridgehead atoms. The quantitative estimate of drug-likeness (QED) is 0.834. The molecule has 0 aromatic carbocycles. The molecular formula is C13H15BrN2O4. The summed E-state index contributed by atoms with van der Waals surface area (Å²) in [6.45, 7) is 2.27. The molecule has 1 aromatic rings. The summed E-state index contributed by atoms with van der Waals surface area (Å²) in [7, 11) is 0. The lowest BCUT2D eigenvalue weighted by molar-refractivity contribution is -0.139. The molecule has 0 atom stereocenters. The summed E-state index contributed by atoms with van der Waals surface area (Å²) in [6, 6.07) is 3.52. The molecule has 1 N–H and O–H groups in total. The van der Waals surface area contributed by atoms with Gasteiger partial charge < -0.3 is 14.4 Å². The van der Waals surface area contributed by atoms with Gasteiger partial charge in [-0.1, -0.05) is 0 Å². The Kier molecular flexibility index (Phi) is 4.97. The first-order valence-electron chi connectivity index (χ1n) is 6.21. The van der Waals surface area contributed by atoms with E-state index in [1.54, 1.807) is 23.1 Å². The van der Waals surface area contributed by atoms with Crippen molar-refractivity contribution in [1.29, 1.82) is 0 Å². The number of carboxylic acid groups (broad SMARTS) is 1. The first-order valence-corrected chi connectivity index (χ1v) is 7.00. The summed E-state index contributed by atoms with van der Waals surface area (Å²) in [5.74, 6) is -0.324. The Balaban J connectivity index is 1.82. The van der Waals surface area contributed by atoms with Gasteiger partial charge in [-0.2, -0.15) is 0 Å². The molecule has 2 heterocycles. The Morgan fingerprint density at radius 1 is 1.30 bits per heavy atom. The monoisotopic (exact) mass is 342 g/mol. The van der Waals surface area contributed by atoms with E-state index in [2.05, 4.69) is 15.9 Å². The van der Waals surface area contributed by atoms with Crippen LogP contribution in [0.25, 0.3) is 6.08 Å². The number of rotatable bonds is 4. The molecule has 108 valence electrons. The van der Waals surface area contributed by atoms with Gasteiger partial charge in [-0.05, 0) is 34.1 Å². The van der Waals surface area contributed by atoms with Gasteiger partial charge in [0.1, 0.15) is 5.76 Å². The number of aliphatic carboxylic acids is 1. The van der Waals surface area contributed by atoms with Gasteiger partial charge in [0.2, 0.25) is 5.91 Å². The molecule has 0 aliphatic carbocycles. The van der Waals surface area contributed by atoms with Crippen molar-refractivity contribution < 1.29 is 19.1 Å². The molecule has 6 nitrogen and oxygen atoms in total. The number of furan rings is 1. The van der Waals surface area contributed by atoms with Crippen LogP contribution in [-0.4, -0.2) is 59.5 Å². The Bertz CT molecular complexity index is 518. The Morgan fingerprint density at radius 3 is 2.55 bits per heavy atom. The van der Waals surface area contributed by atoms with Crippen LogP contribution in [0.5, 0.6) is 0 Å². The molecule has 1 aliphatic rings. The van der Waals surface area contributed by atoms with Crippen molar-refractivity contribution in [2.75, 3.05) is 32.7 Å². The van der Waals surface area contributed by atoms with Crippen molar-refractivity contribution in [3.8, 4) is 0 Å². The average molecular weight is 343 g/mol. The van der Waals surface area contributed by atoms with Crippen molar-refractivity contribution in [3.05, 3.63) is 28.6 Å². The van der Waals surface area contributed by atoms with Gasteiger partial charge >= 0.3 is 5.97 Å². The largest absolute Gasteiger partial charge is 0.480 e. The third-order valence-electron chi connectivity index (χ3n) is 3.03. The van der Waals surface area contributed by atoms with E-state index in [9.17, 15) is 9.59 Å². The minimum Gasteiger partial charge on any atom is -0.480 e. The molecule has 7 heteroatoms. The highest BCUT2D eigenvalue weighted by Crippen LogP contribution is 2.15. The minimum atomic E-state index is -0.840. The summed E-state index contributed by atoms with van der Waals surface area (Å²) < 4.78 is 5.89. The zero-order chi connectivity index (χ0) is 14.5. The number of carbonyl (C=O) groups is 2. The fourth-order valence-electron chi connectivity index (χ4n) is 1.99. The van der Waals surface area contributed by atoms with Crippen LogP contribution in [0.4, 0.5) is 0 Å². The molecule has 0 unspecified atom stereocenters. The van der Waals surface area contributed by atoms with Crippen LogP contribution in [0.3, 0.4) is 0 Å². The zero-order valence-electron chi connectivity index (χ0n) is 10.8. The lowest BCUT2D eigenvalue weighted by Crippen LogP contribution is -2.49. The van der Waals surface area contributed by atoms with Crippen LogP contribution in [0.2, 0.25) is 0 Å². The van der Waals surface area contributed by atoms with Crippen molar-refractivity contribution in [1.82, 2.24) is 9.80 Å². The van der Waals surface area contributed by atoms with Gasteiger partial charge in [-0.3, -0.25) is 14.5 Å². The minimum absolute atomic E-state index is 0.0261. The van der Waals surface area contributed by atoms with Gasteiger partial charge in [-0.15, -0.1) is 0 Å². The van der Waals surface area contributed by atoms with Crippen molar-refractivity contribution in [3.63, 3.8) is 0 Å². The highest BCUT2D eigenvalue weighted by molar-refractivity contribution is 9.10. The van der Waals surface area contributed by atoms with Gasteiger partial charge in [0.05, 0.1) is 6.54 Å². The van der Waals surface area contributed by atoms with E-state index < -0.39 is 5.97 Å². The number of carboxylic acids is 1. The summed E-state index contributed by atoms with van der Waals surface area (Å²) >= 11 is 3.19. The third kappa shape index (κ3) is 4.21. The molecule has 1 aromatic heterocycles. The summed E-state index contributed by atoms with van der Waals surface area (Å²) in [6.07, 6.45) is 3.09. The van der Waals surface area contributed by atoms with Gasteiger partial charge in [-0.25, -0.2) is 0 Å². The molecule has 0 radical (unpaired) electrons. The fraction of sp³-hybridized carbons (Fsp3) is 0.385. The highest BCUT2D eigenvalue weighted by atomic mass is 79.9. The number of halogens is 1. The number of hydrogen-bond donors (Lipinski definition) is 1. The van der Waals surface area contributed by atoms with Crippen LogP contribution < -0.4 is 0 Å². The van der Waals surface area contributed by atoms with E-state index >= 15 is 0 Å². The standard InChI is InChI=1S/C13H15BrN2O4/c14-11-3-1-10(20-11)2-4-12(17)16-7-5-15(6-8-16)9-13(18)19/h1-4H,5-9H2,(H,18,19)/b4-2+. The third-order valence-corrected chi connectivity index (χ3v) is 3.45. The number of hydrogen-bond acceptors (Lipinski definition) is 4. The molecule has 1 aliphatic heterocycles. The number of amides is 1. The Labute approximate surface area is 124 Å². The fourth-order valence-corrected chi connectivity index (χ4v) is 2.31. The first-order chi connectivity index (χ1) is 9.54. The predicted octanol–water partition coefficient (Wildman–Crippen LogP) is 1.28. The average Bonchev–Trinajstić information content (AvgIpc) is 2.82. The van der Waals surface area contributed by atoms with Crippen LogP contribution in [0, 0.1) is 0 Å². The maximum absolute atomic E-state index is 12.0. The molecular weight excluding hydrogens is 328 g/mol. The van der Waals surface area contributed by atoms with E-state index in [0.717, 1.165) is 0 Å². The van der Waals surface area contributed by atoms with Crippen LogP contribution in [0.15, 0.2) is 27.3 Å². The molecule has 0 saturated carbocycles. The van der Waals surface area contributed by atoms with Crippen LogP contribution >= 0.6 is 15.9 Å². The number of carbonyl (C=O) groups excluding carboxylic acids is 1. The molecule has 1 fully saturated rings. The smallest absolute Gasteiger partial charge is 0.317 e. The molecule has 1 saturated heterocycles. The van der Waals surface area contributed by atoms with Crippen LogP contribution in [0.1, 0.15) is 5.76 Å². The van der Waals surface area contributed by atoms with Gasteiger partial charge in [0.25, 0.3) is 0 Å². The van der Waals surface area contributed by atoms with Crippen LogP contribution in [-0.2, 0) is 9.59 Å². The lowest BCUT2D eigenvalue weighted by atomic mass is 10.3. The summed E-state index contributed by atoms with van der Waals surface area (Å²) in [5.41, 5.74) is 0. The van der Waals surface area contributed by atoms with Crippen molar-refractivity contribution in [2.24, 2.45) is 0 Å². The topological polar surface area (TPSA) is 74.0 Å². The van der Waals surface area contributed by atoms with E-state index in [1.165, 1.54) is 6.08 Å². The zero-order valence-corrected chi connectivity index (χ0v) is 12.4. The maximum atomic E-state index is 12.0. The number of piperazine rings is 1. The number of nitrogens with zero attached hydrogens (tertiary/aromatic N) is 2. The van der Waals surface area contributed by atoms with Gasteiger partial charge in [0, 0.05) is 32.3 Å². The second-order valence-electron chi connectivity index (χ2n) is 4.47. The molecule has 1 amide bonds. The van der Waals surface area contributed by atoms with E-state index in [0.29, 0.717) is 36.6 Å². The molecule has 20 heavy (non-hydrogen) atoms. The predicted molar refractivity (Wildman–Crippen MR) is 76.1 cm³/mol. The van der Waals surface area contributed by atoms with E-state index in [-0.39, 0.29) is 12.5 Å². The van der Waals surface area contributed by atoms with Crippen molar-refractivity contribution >= 4 is 33.9 Å². The Morgan fingerprint density at radius 2 is 2.00 bits per heavy atom. The highest BCUT2D eigenvalue weighted by Gasteiger charge is 2.20. The van der Waals surface area contributed by atoms with E-state index in [4.69, 9.17) is 9.52 Å². The normalized spacial score (nSPS) is 16.8. The maximum Gasteiger partial charge on any atom is 0.317 e. The summed E-state index contributed by atoms with van der Waals surface area (Å²) in [5, 5.41) is 8.71. The molecule has 0 spiro atoms. The van der Waals surface area contributed by atoms with Gasteiger partial charge in [0.15, 0.2) is 4.67 Å². The second-order valence-corrected chi connectivity index (χ2v) is 5.25. The summed E-state index contributed by atoms with van der Waals surface area (Å²) in [4.78, 5) is 26.1.